The number of amides is 3. The Kier molecular flexibility index (Phi) is 10.8. The standard InChI is InChI=1S/C37H49ClN4O7/c1-3-8-27(32(45)30(43)17-24-13-14-24)39-34(46)29-21-36(20-28(41-49-36)25-11-7-12-26(38)19-25)22-42(29)35(47)33(37(48-2)15-16-37)40-31(44)18-23-9-5-4-6-10-23/h7,11-12,19,23-24,27,29,33H,3-6,8-10,13-18,20-22H2,1-2H3,(H,39,46)(H,40,44)/t27-,29-,33+,36+/m0/s1. The van der Waals surface area contributed by atoms with E-state index in [1.54, 1.807) is 19.2 Å². The summed E-state index contributed by atoms with van der Waals surface area (Å²) < 4.78 is 5.86. The SMILES string of the molecule is CCC[C@H](NC(=O)[C@@H]1C[C@]2(CC(c3cccc(Cl)c3)=NO2)CN1C(=O)[C@@H](NC(=O)CC1CCCCC1)C1(OC)CC1)C(=O)C(=O)CC1CC1. The second-order valence-electron chi connectivity index (χ2n) is 14.9. The first-order valence-electron chi connectivity index (χ1n) is 18.1. The Bertz CT molecular complexity index is 1480. The van der Waals surface area contributed by atoms with Gasteiger partial charge in [-0.2, -0.15) is 0 Å². The summed E-state index contributed by atoms with van der Waals surface area (Å²) in [4.78, 5) is 75.9. The maximum atomic E-state index is 14.7. The highest BCUT2D eigenvalue weighted by molar-refractivity contribution is 6.39. The summed E-state index contributed by atoms with van der Waals surface area (Å²) in [6.45, 7) is 1.93. The lowest BCUT2D eigenvalue weighted by Crippen LogP contribution is -2.60. The van der Waals surface area contributed by atoms with Gasteiger partial charge in [-0.25, -0.2) is 0 Å². The molecule has 2 aliphatic heterocycles. The molecule has 0 radical (unpaired) electrons. The minimum absolute atomic E-state index is 0.0409. The third-order valence-corrected chi connectivity index (χ3v) is 11.3. The predicted octanol–water partition coefficient (Wildman–Crippen LogP) is 4.66. The van der Waals surface area contributed by atoms with Crippen LogP contribution in [0.5, 0.6) is 0 Å². The molecule has 2 N–H and O–H groups in total. The van der Waals surface area contributed by atoms with E-state index >= 15 is 0 Å². The maximum absolute atomic E-state index is 14.7. The molecule has 4 fully saturated rings. The van der Waals surface area contributed by atoms with Crippen LogP contribution in [0, 0.1) is 11.8 Å². The normalized spacial score (nSPS) is 25.7. The molecule has 0 bridgehead atoms. The molecule has 49 heavy (non-hydrogen) atoms. The number of nitrogens with one attached hydrogen (secondary N) is 2. The first-order chi connectivity index (χ1) is 23.5. The van der Waals surface area contributed by atoms with Crippen molar-refractivity contribution in [2.45, 2.75) is 133 Å². The fourth-order valence-corrected chi connectivity index (χ4v) is 8.04. The lowest BCUT2D eigenvalue weighted by atomic mass is 9.86. The minimum Gasteiger partial charge on any atom is -0.387 e. The molecule has 3 saturated carbocycles. The van der Waals surface area contributed by atoms with Gasteiger partial charge in [0, 0.05) is 43.4 Å². The van der Waals surface area contributed by atoms with Crippen molar-refractivity contribution in [3.63, 3.8) is 0 Å². The van der Waals surface area contributed by atoms with E-state index < -0.39 is 52.7 Å². The molecule has 1 aromatic rings. The van der Waals surface area contributed by atoms with Gasteiger partial charge in [-0.15, -0.1) is 0 Å². The van der Waals surface area contributed by atoms with Crippen molar-refractivity contribution < 1.29 is 33.5 Å². The molecular formula is C37H49ClN4O7. The lowest BCUT2D eigenvalue weighted by molar-refractivity contribution is -0.147. The number of halogens is 1. The number of methoxy groups -OCH3 is 1. The van der Waals surface area contributed by atoms with Gasteiger partial charge in [0.15, 0.2) is 5.60 Å². The molecular weight excluding hydrogens is 648 g/mol. The molecule has 3 amide bonds. The summed E-state index contributed by atoms with van der Waals surface area (Å²) in [7, 11) is 1.54. The summed E-state index contributed by atoms with van der Waals surface area (Å²) in [6.07, 6.45) is 10.3. The molecule has 1 spiro atoms. The number of hydrogen-bond acceptors (Lipinski definition) is 8. The van der Waals surface area contributed by atoms with Gasteiger partial charge in [0.05, 0.1) is 23.9 Å². The van der Waals surface area contributed by atoms with Crippen molar-refractivity contribution in [3.8, 4) is 0 Å². The second kappa shape index (κ2) is 14.9. The Morgan fingerprint density at radius 3 is 2.43 bits per heavy atom. The van der Waals surface area contributed by atoms with Crippen LogP contribution in [0.2, 0.25) is 5.02 Å². The number of nitrogens with zero attached hydrogens (tertiary/aromatic N) is 2. The number of likely N-dealkylation sites (tertiary alicyclic amines) is 1. The molecule has 3 aliphatic carbocycles. The van der Waals surface area contributed by atoms with Gasteiger partial charge in [0.1, 0.15) is 12.1 Å². The molecule has 0 aromatic heterocycles. The van der Waals surface area contributed by atoms with Crippen molar-refractivity contribution in [3.05, 3.63) is 34.9 Å². The molecule has 1 aromatic carbocycles. The minimum atomic E-state index is -1.03. The predicted molar refractivity (Wildman–Crippen MR) is 183 cm³/mol. The van der Waals surface area contributed by atoms with E-state index in [2.05, 4.69) is 15.8 Å². The summed E-state index contributed by atoms with van der Waals surface area (Å²) in [6, 6.07) is 4.24. The van der Waals surface area contributed by atoms with Gasteiger partial charge in [-0.3, -0.25) is 24.0 Å². The molecule has 6 rings (SSSR count). The largest absolute Gasteiger partial charge is 0.387 e. The third kappa shape index (κ3) is 8.20. The van der Waals surface area contributed by atoms with Crippen LogP contribution in [0.4, 0.5) is 0 Å². The number of ketones is 2. The van der Waals surface area contributed by atoms with Gasteiger partial charge in [0.25, 0.3) is 0 Å². The van der Waals surface area contributed by atoms with E-state index in [-0.39, 0.29) is 37.1 Å². The molecule has 11 nitrogen and oxygen atoms in total. The Morgan fingerprint density at radius 2 is 1.78 bits per heavy atom. The van der Waals surface area contributed by atoms with Crippen molar-refractivity contribution in [1.82, 2.24) is 15.5 Å². The van der Waals surface area contributed by atoms with E-state index in [9.17, 15) is 24.0 Å². The highest BCUT2D eigenvalue weighted by Crippen LogP contribution is 2.45. The highest BCUT2D eigenvalue weighted by Gasteiger charge is 2.60. The van der Waals surface area contributed by atoms with Crippen LogP contribution in [0.3, 0.4) is 0 Å². The van der Waals surface area contributed by atoms with Crippen molar-refractivity contribution in [2.75, 3.05) is 13.7 Å². The number of hydrogen-bond donors (Lipinski definition) is 2. The number of ether oxygens (including phenoxy) is 1. The van der Waals surface area contributed by atoms with E-state index in [4.69, 9.17) is 21.2 Å². The van der Waals surface area contributed by atoms with Crippen LogP contribution in [-0.4, -0.2) is 82.9 Å². The lowest BCUT2D eigenvalue weighted by Gasteiger charge is -2.33. The van der Waals surface area contributed by atoms with Gasteiger partial charge in [-0.05, 0) is 68.9 Å². The first kappa shape index (κ1) is 35.5. The zero-order valence-electron chi connectivity index (χ0n) is 28.6. The van der Waals surface area contributed by atoms with E-state index in [0.29, 0.717) is 49.3 Å². The average Bonchev–Trinajstić information content (AvgIpc) is 4.01. The molecule has 1 saturated heterocycles. The Balaban J connectivity index is 1.24. The van der Waals surface area contributed by atoms with E-state index in [1.165, 1.54) is 11.3 Å². The van der Waals surface area contributed by atoms with Crippen molar-refractivity contribution >= 4 is 46.6 Å². The maximum Gasteiger partial charge on any atom is 0.248 e. The second-order valence-corrected chi connectivity index (χ2v) is 15.4. The fraction of sp³-hybridized carbons (Fsp3) is 0.676. The first-order valence-corrected chi connectivity index (χ1v) is 18.5. The fourth-order valence-electron chi connectivity index (χ4n) is 7.85. The van der Waals surface area contributed by atoms with Crippen molar-refractivity contribution in [1.29, 1.82) is 0 Å². The van der Waals surface area contributed by atoms with Crippen LogP contribution in [0.15, 0.2) is 29.4 Å². The number of carbonyl (C=O) groups is 5. The number of carbonyl (C=O) groups excluding carboxylic acids is 5. The van der Waals surface area contributed by atoms with E-state index in [1.807, 2.05) is 19.1 Å². The zero-order chi connectivity index (χ0) is 34.8. The molecule has 266 valence electrons. The van der Waals surface area contributed by atoms with Crippen LogP contribution in [0.1, 0.15) is 109 Å². The Hall–Kier alpha value is -3.31. The highest BCUT2D eigenvalue weighted by atomic mass is 35.5. The number of Topliss-reactive ketones (excluding diaryl/α,β-unsaturated/α-hetero) is 2. The molecule has 4 atom stereocenters. The smallest absolute Gasteiger partial charge is 0.248 e. The summed E-state index contributed by atoms with van der Waals surface area (Å²) in [5.41, 5.74) is -0.456. The van der Waals surface area contributed by atoms with Gasteiger partial charge in [0.2, 0.25) is 29.3 Å². The molecule has 2 heterocycles. The molecule has 12 heteroatoms. The monoisotopic (exact) mass is 696 g/mol. The summed E-state index contributed by atoms with van der Waals surface area (Å²) in [5, 5.41) is 10.8. The number of benzene rings is 1. The topological polar surface area (TPSA) is 143 Å². The van der Waals surface area contributed by atoms with Gasteiger partial charge in [-0.1, -0.05) is 61.5 Å². The van der Waals surface area contributed by atoms with Crippen LogP contribution < -0.4 is 10.6 Å². The van der Waals surface area contributed by atoms with Crippen LogP contribution in [0.25, 0.3) is 0 Å². The van der Waals surface area contributed by atoms with Crippen LogP contribution in [-0.2, 0) is 33.5 Å². The van der Waals surface area contributed by atoms with Crippen LogP contribution >= 0.6 is 11.6 Å². The van der Waals surface area contributed by atoms with E-state index in [0.717, 1.165) is 44.1 Å². The Morgan fingerprint density at radius 1 is 1.04 bits per heavy atom. The zero-order valence-corrected chi connectivity index (χ0v) is 29.4. The number of oxime groups is 1. The summed E-state index contributed by atoms with van der Waals surface area (Å²) >= 11 is 6.26. The van der Waals surface area contributed by atoms with Gasteiger partial charge >= 0.3 is 0 Å². The number of rotatable bonds is 15. The Labute approximate surface area is 293 Å². The summed E-state index contributed by atoms with van der Waals surface area (Å²) in [5.74, 6) is -1.71. The molecule has 0 unspecified atom stereocenters. The quantitative estimate of drug-likeness (QED) is 0.254. The van der Waals surface area contributed by atoms with Crippen molar-refractivity contribution in [2.24, 2.45) is 17.0 Å². The van der Waals surface area contributed by atoms with Gasteiger partial charge < -0.3 is 25.1 Å². The third-order valence-electron chi connectivity index (χ3n) is 11.1. The average molecular weight is 697 g/mol. The molecule has 5 aliphatic rings.